The number of rotatable bonds is 4. The third-order valence-corrected chi connectivity index (χ3v) is 2.65. The molecule has 4 nitrogen and oxygen atoms in total. The van der Waals surface area contributed by atoms with Gasteiger partial charge in [-0.25, -0.2) is 0 Å². The fourth-order valence-corrected chi connectivity index (χ4v) is 1.61. The number of hydrogen-bond donors (Lipinski definition) is 2. The monoisotopic (exact) mass is 241 g/mol. The lowest BCUT2D eigenvalue weighted by atomic mass is 10.1. The molecule has 0 radical (unpaired) electrons. The summed E-state index contributed by atoms with van der Waals surface area (Å²) >= 11 is 0. The number of carboxylic acid groups (broad SMARTS) is 1. The Labute approximate surface area is 90.8 Å². The normalized spacial score (nSPS) is 28.0. The summed E-state index contributed by atoms with van der Waals surface area (Å²) in [4.78, 5) is 10.4. The predicted octanol–water partition coefficient (Wildman–Crippen LogP) is 1.02. The molecular formula is C9H14F3NO3. The van der Waals surface area contributed by atoms with E-state index in [1.807, 2.05) is 0 Å². The van der Waals surface area contributed by atoms with Gasteiger partial charge >= 0.3 is 12.1 Å². The zero-order chi connectivity index (χ0) is 12.3. The molecule has 0 saturated carbocycles. The number of carbonyl (C=O) groups is 1. The molecule has 2 N–H and O–H groups in total. The first kappa shape index (κ1) is 13.2. The Hall–Kier alpha value is -0.820. The van der Waals surface area contributed by atoms with Crippen LogP contribution in [0.3, 0.4) is 0 Å². The second-order valence-electron chi connectivity index (χ2n) is 3.81. The quantitative estimate of drug-likeness (QED) is 0.771. The Morgan fingerprint density at radius 3 is 2.62 bits per heavy atom. The van der Waals surface area contributed by atoms with E-state index in [1.165, 1.54) is 0 Å². The van der Waals surface area contributed by atoms with Crippen LogP contribution < -0.4 is 5.32 Å². The van der Waals surface area contributed by atoms with Crippen molar-refractivity contribution in [2.24, 2.45) is 5.92 Å². The number of ether oxygens (including phenoxy) is 1. The fourth-order valence-electron chi connectivity index (χ4n) is 1.61. The van der Waals surface area contributed by atoms with Crippen LogP contribution in [-0.4, -0.2) is 42.5 Å². The standard InChI is InChI=1S/C9H14F3NO3/c1-5-7(2-3-16-5)13-4-6(8(14)15)9(10,11)12/h5-7,13H,2-4H2,1H3,(H,14,15). The summed E-state index contributed by atoms with van der Waals surface area (Å²) in [6, 6.07) is -0.204. The maximum atomic E-state index is 12.3. The molecule has 0 spiro atoms. The minimum atomic E-state index is -4.72. The molecular weight excluding hydrogens is 227 g/mol. The van der Waals surface area contributed by atoms with E-state index in [4.69, 9.17) is 9.84 Å². The van der Waals surface area contributed by atoms with Gasteiger partial charge < -0.3 is 15.2 Å². The van der Waals surface area contributed by atoms with Gasteiger partial charge in [-0.1, -0.05) is 0 Å². The number of nitrogens with one attached hydrogen (secondary N) is 1. The van der Waals surface area contributed by atoms with Crippen molar-refractivity contribution in [3.8, 4) is 0 Å². The highest BCUT2D eigenvalue weighted by Crippen LogP contribution is 2.26. The Bertz CT molecular complexity index is 257. The third-order valence-electron chi connectivity index (χ3n) is 2.65. The highest BCUT2D eigenvalue weighted by atomic mass is 19.4. The second kappa shape index (κ2) is 5.01. The van der Waals surface area contributed by atoms with E-state index < -0.39 is 24.6 Å². The zero-order valence-corrected chi connectivity index (χ0v) is 8.75. The van der Waals surface area contributed by atoms with Gasteiger partial charge in [0.25, 0.3) is 0 Å². The zero-order valence-electron chi connectivity index (χ0n) is 8.75. The van der Waals surface area contributed by atoms with Crippen molar-refractivity contribution >= 4 is 5.97 Å². The van der Waals surface area contributed by atoms with E-state index in [2.05, 4.69) is 5.32 Å². The molecule has 0 amide bonds. The summed E-state index contributed by atoms with van der Waals surface area (Å²) < 4.78 is 42.0. The number of alkyl halides is 3. The van der Waals surface area contributed by atoms with Crippen molar-refractivity contribution in [2.75, 3.05) is 13.2 Å². The molecule has 1 fully saturated rings. The third kappa shape index (κ3) is 3.34. The first-order chi connectivity index (χ1) is 7.32. The van der Waals surface area contributed by atoms with Crippen LogP contribution in [0.5, 0.6) is 0 Å². The summed E-state index contributed by atoms with van der Waals surface area (Å²) in [7, 11) is 0. The van der Waals surface area contributed by atoms with Gasteiger partial charge in [0.05, 0.1) is 6.10 Å². The molecule has 16 heavy (non-hydrogen) atoms. The molecule has 1 rings (SSSR count). The largest absolute Gasteiger partial charge is 0.481 e. The summed E-state index contributed by atoms with van der Waals surface area (Å²) in [6.07, 6.45) is -4.30. The number of carboxylic acids is 1. The van der Waals surface area contributed by atoms with Crippen LogP contribution in [0.4, 0.5) is 13.2 Å². The lowest BCUT2D eigenvalue weighted by Gasteiger charge is -2.21. The molecule has 3 unspecified atom stereocenters. The molecule has 1 saturated heterocycles. The summed E-state index contributed by atoms with van der Waals surface area (Å²) in [5, 5.41) is 11.1. The first-order valence-corrected chi connectivity index (χ1v) is 4.97. The van der Waals surface area contributed by atoms with Crippen molar-refractivity contribution in [1.82, 2.24) is 5.32 Å². The summed E-state index contributed by atoms with van der Waals surface area (Å²) in [5.41, 5.74) is 0. The Morgan fingerprint density at radius 1 is 1.62 bits per heavy atom. The van der Waals surface area contributed by atoms with Crippen LogP contribution in [0, 0.1) is 5.92 Å². The lowest BCUT2D eigenvalue weighted by Crippen LogP contribution is -2.44. The molecule has 0 bridgehead atoms. The average Bonchev–Trinajstić information content (AvgIpc) is 2.49. The highest BCUT2D eigenvalue weighted by Gasteiger charge is 2.45. The molecule has 1 aliphatic rings. The van der Waals surface area contributed by atoms with E-state index >= 15 is 0 Å². The van der Waals surface area contributed by atoms with E-state index in [0.29, 0.717) is 13.0 Å². The minimum absolute atomic E-state index is 0.178. The van der Waals surface area contributed by atoms with Crippen molar-refractivity contribution in [3.63, 3.8) is 0 Å². The smallest absolute Gasteiger partial charge is 0.403 e. The van der Waals surface area contributed by atoms with E-state index in [9.17, 15) is 18.0 Å². The van der Waals surface area contributed by atoms with Crippen molar-refractivity contribution in [3.05, 3.63) is 0 Å². The second-order valence-corrected chi connectivity index (χ2v) is 3.81. The summed E-state index contributed by atoms with van der Waals surface area (Å²) in [6.45, 7) is 1.62. The van der Waals surface area contributed by atoms with Gasteiger partial charge in [0.15, 0.2) is 5.92 Å². The average molecular weight is 241 g/mol. The number of halogens is 3. The van der Waals surface area contributed by atoms with Gasteiger partial charge in [0, 0.05) is 19.2 Å². The van der Waals surface area contributed by atoms with Gasteiger partial charge in [0.2, 0.25) is 0 Å². The van der Waals surface area contributed by atoms with Gasteiger partial charge in [0.1, 0.15) is 0 Å². The molecule has 1 aliphatic heterocycles. The fraction of sp³-hybridized carbons (Fsp3) is 0.889. The molecule has 0 aromatic heterocycles. The Balaban J connectivity index is 2.47. The van der Waals surface area contributed by atoms with Crippen LogP contribution in [0.15, 0.2) is 0 Å². The van der Waals surface area contributed by atoms with E-state index in [0.717, 1.165) is 0 Å². The maximum Gasteiger partial charge on any atom is 0.403 e. The minimum Gasteiger partial charge on any atom is -0.481 e. The van der Waals surface area contributed by atoms with Crippen molar-refractivity contribution in [2.45, 2.75) is 31.7 Å². The van der Waals surface area contributed by atoms with Crippen LogP contribution in [0.1, 0.15) is 13.3 Å². The Kier molecular flexibility index (Phi) is 4.15. The number of hydrogen-bond acceptors (Lipinski definition) is 3. The summed E-state index contributed by atoms with van der Waals surface area (Å²) in [5.74, 6) is -4.22. The van der Waals surface area contributed by atoms with Crippen LogP contribution >= 0.6 is 0 Å². The van der Waals surface area contributed by atoms with E-state index in [1.54, 1.807) is 6.92 Å². The number of aliphatic carboxylic acids is 1. The maximum absolute atomic E-state index is 12.3. The highest BCUT2D eigenvalue weighted by molar-refractivity contribution is 5.71. The van der Waals surface area contributed by atoms with Crippen LogP contribution in [-0.2, 0) is 9.53 Å². The SMILES string of the molecule is CC1OCCC1NCC(C(=O)O)C(F)(F)F. The molecule has 0 aromatic rings. The van der Waals surface area contributed by atoms with Crippen LogP contribution in [0.25, 0.3) is 0 Å². The van der Waals surface area contributed by atoms with Crippen molar-refractivity contribution < 1.29 is 27.8 Å². The molecule has 1 heterocycles. The van der Waals surface area contributed by atoms with Gasteiger partial charge in [-0.2, -0.15) is 13.2 Å². The van der Waals surface area contributed by atoms with Crippen LogP contribution in [0.2, 0.25) is 0 Å². The van der Waals surface area contributed by atoms with Crippen molar-refractivity contribution in [1.29, 1.82) is 0 Å². The first-order valence-electron chi connectivity index (χ1n) is 4.97. The lowest BCUT2D eigenvalue weighted by molar-refractivity contribution is -0.192. The molecule has 0 aliphatic carbocycles. The topological polar surface area (TPSA) is 58.6 Å². The molecule has 94 valence electrons. The predicted molar refractivity (Wildman–Crippen MR) is 49.0 cm³/mol. The van der Waals surface area contributed by atoms with Gasteiger partial charge in [-0.15, -0.1) is 0 Å². The molecule has 0 aromatic carbocycles. The Morgan fingerprint density at radius 2 is 2.25 bits per heavy atom. The van der Waals surface area contributed by atoms with Gasteiger partial charge in [-0.05, 0) is 13.3 Å². The molecule has 3 atom stereocenters. The molecule has 7 heteroatoms. The van der Waals surface area contributed by atoms with E-state index in [-0.39, 0.29) is 12.1 Å². The van der Waals surface area contributed by atoms with Gasteiger partial charge in [-0.3, -0.25) is 4.79 Å².